The first kappa shape index (κ1) is 19.3. The minimum atomic E-state index is -3.80. The monoisotopic (exact) mass is 403 g/mol. The Kier molecular flexibility index (Phi) is 5.72. The molecule has 2 aromatic carbocycles. The number of amides is 1. The van der Waals surface area contributed by atoms with Gasteiger partial charge in [0.2, 0.25) is 0 Å². The van der Waals surface area contributed by atoms with Crippen molar-refractivity contribution in [2.24, 2.45) is 0 Å². The Hall–Kier alpha value is -2.51. The molecule has 1 N–H and O–H groups in total. The zero-order chi connectivity index (χ0) is 19.4. The smallest absolute Gasteiger partial charge is 0.251 e. The van der Waals surface area contributed by atoms with Crippen LogP contribution in [0.15, 0.2) is 70.9 Å². The molecule has 140 valence electrons. The van der Waals surface area contributed by atoms with E-state index in [4.69, 9.17) is 0 Å². The van der Waals surface area contributed by atoms with Crippen LogP contribution in [0.2, 0.25) is 0 Å². The summed E-state index contributed by atoms with van der Waals surface area (Å²) in [6.45, 7) is 1.80. The highest BCUT2D eigenvalue weighted by atomic mass is 32.2. The van der Waals surface area contributed by atoms with E-state index >= 15 is 0 Å². The van der Waals surface area contributed by atoms with E-state index in [2.05, 4.69) is 5.32 Å². The summed E-state index contributed by atoms with van der Waals surface area (Å²) in [5.41, 5.74) is 1.41. The van der Waals surface area contributed by atoms with Crippen LogP contribution >= 0.6 is 11.3 Å². The van der Waals surface area contributed by atoms with Crippen LogP contribution in [0.3, 0.4) is 0 Å². The van der Waals surface area contributed by atoms with Gasteiger partial charge in [0.05, 0.1) is 4.90 Å². The molecule has 0 bridgehead atoms. The Balaban J connectivity index is 1.86. The number of halogens is 1. The molecule has 0 fully saturated rings. The number of hydrogen-bond donors (Lipinski definition) is 1. The maximum Gasteiger partial charge on any atom is 0.251 e. The normalized spacial score (nSPS) is 12.5. The molecular formula is C20H18FNO3S2. The summed E-state index contributed by atoms with van der Waals surface area (Å²) in [7, 11) is -3.80. The van der Waals surface area contributed by atoms with Gasteiger partial charge in [-0.1, -0.05) is 23.8 Å². The van der Waals surface area contributed by atoms with Crippen molar-refractivity contribution in [3.63, 3.8) is 0 Å². The SMILES string of the molecule is Cc1cccc(C(=O)NC[C@@H](c2cccs2)S(=O)(=O)c2ccc(F)cc2)c1. The third-order valence-corrected chi connectivity index (χ3v) is 7.34. The molecule has 1 aromatic heterocycles. The number of rotatable bonds is 6. The van der Waals surface area contributed by atoms with Gasteiger partial charge < -0.3 is 5.32 Å². The number of nitrogens with one attached hydrogen (secondary N) is 1. The third-order valence-electron chi connectivity index (χ3n) is 4.11. The maximum atomic E-state index is 13.2. The molecule has 0 spiro atoms. The minimum Gasteiger partial charge on any atom is -0.350 e. The number of thiophene rings is 1. The number of carbonyl (C=O) groups is 1. The summed E-state index contributed by atoms with van der Waals surface area (Å²) in [6, 6.07) is 15.3. The molecule has 3 aromatic rings. The number of sulfone groups is 1. The molecule has 3 rings (SSSR count). The summed E-state index contributed by atoms with van der Waals surface area (Å²) >= 11 is 1.30. The van der Waals surface area contributed by atoms with E-state index in [1.165, 1.54) is 23.5 Å². The van der Waals surface area contributed by atoms with E-state index in [0.717, 1.165) is 17.7 Å². The first-order chi connectivity index (χ1) is 12.9. The molecule has 0 aliphatic carbocycles. The van der Waals surface area contributed by atoms with Gasteiger partial charge in [-0.05, 0) is 54.8 Å². The van der Waals surface area contributed by atoms with Crippen molar-refractivity contribution in [2.45, 2.75) is 17.1 Å². The van der Waals surface area contributed by atoms with Gasteiger partial charge in [-0.15, -0.1) is 11.3 Å². The Morgan fingerprint density at radius 1 is 1.11 bits per heavy atom. The zero-order valence-corrected chi connectivity index (χ0v) is 16.2. The molecule has 1 atom stereocenters. The maximum absolute atomic E-state index is 13.2. The van der Waals surface area contributed by atoms with E-state index in [1.807, 2.05) is 13.0 Å². The average Bonchev–Trinajstić information content (AvgIpc) is 3.16. The summed E-state index contributed by atoms with van der Waals surface area (Å²) in [4.78, 5) is 13.1. The second kappa shape index (κ2) is 8.02. The van der Waals surface area contributed by atoms with Gasteiger partial charge >= 0.3 is 0 Å². The number of hydrogen-bond acceptors (Lipinski definition) is 4. The van der Waals surface area contributed by atoms with Crippen molar-refractivity contribution in [3.8, 4) is 0 Å². The fourth-order valence-electron chi connectivity index (χ4n) is 2.70. The molecule has 7 heteroatoms. The van der Waals surface area contributed by atoms with Crippen LogP contribution in [0, 0.1) is 12.7 Å². The van der Waals surface area contributed by atoms with E-state index < -0.39 is 20.9 Å². The van der Waals surface area contributed by atoms with E-state index in [0.29, 0.717) is 10.4 Å². The lowest BCUT2D eigenvalue weighted by Crippen LogP contribution is -2.31. The van der Waals surface area contributed by atoms with Crippen LogP contribution < -0.4 is 5.32 Å². The molecule has 1 heterocycles. The van der Waals surface area contributed by atoms with Crippen LogP contribution in [0.25, 0.3) is 0 Å². The van der Waals surface area contributed by atoms with Gasteiger partial charge in [0.15, 0.2) is 9.84 Å². The fourth-order valence-corrected chi connectivity index (χ4v) is 5.48. The van der Waals surface area contributed by atoms with Crippen LogP contribution in [0.1, 0.15) is 26.0 Å². The van der Waals surface area contributed by atoms with Gasteiger partial charge in [-0.2, -0.15) is 0 Å². The lowest BCUT2D eigenvalue weighted by Gasteiger charge is -2.17. The molecular weight excluding hydrogens is 385 g/mol. The quantitative estimate of drug-likeness (QED) is 0.629. The van der Waals surface area contributed by atoms with E-state index in [-0.39, 0.29) is 17.3 Å². The summed E-state index contributed by atoms with van der Waals surface area (Å²) in [5.74, 6) is -0.844. The second-order valence-corrected chi connectivity index (χ2v) is 9.19. The van der Waals surface area contributed by atoms with Crippen molar-refractivity contribution in [1.82, 2.24) is 5.32 Å². The molecule has 4 nitrogen and oxygen atoms in total. The lowest BCUT2D eigenvalue weighted by atomic mass is 10.1. The van der Waals surface area contributed by atoms with Crippen molar-refractivity contribution in [3.05, 3.63) is 87.9 Å². The van der Waals surface area contributed by atoms with Crippen molar-refractivity contribution in [2.75, 3.05) is 6.54 Å². The molecule has 0 aliphatic heterocycles. The van der Waals surface area contributed by atoms with E-state index in [9.17, 15) is 17.6 Å². The van der Waals surface area contributed by atoms with Gasteiger partial charge in [0.1, 0.15) is 11.1 Å². The molecule has 0 saturated heterocycles. The Bertz CT molecular complexity index is 1030. The van der Waals surface area contributed by atoms with Gasteiger partial charge in [-0.25, -0.2) is 12.8 Å². The van der Waals surface area contributed by atoms with Crippen molar-refractivity contribution < 1.29 is 17.6 Å². The number of benzene rings is 2. The predicted octanol–water partition coefficient (Wildman–Crippen LogP) is 4.14. The molecule has 0 aliphatic rings. The first-order valence-corrected chi connectivity index (χ1v) is 10.7. The van der Waals surface area contributed by atoms with Crippen LogP contribution in [-0.2, 0) is 9.84 Å². The Labute approximate surface area is 161 Å². The highest BCUT2D eigenvalue weighted by Crippen LogP contribution is 2.31. The van der Waals surface area contributed by atoms with Gasteiger partial charge in [0, 0.05) is 17.0 Å². The van der Waals surface area contributed by atoms with Crippen molar-refractivity contribution >= 4 is 27.1 Å². The van der Waals surface area contributed by atoms with Gasteiger partial charge in [-0.3, -0.25) is 4.79 Å². The highest BCUT2D eigenvalue weighted by Gasteiger charge is 2.30. The second-order valence-electron chi connectivity index (χ2n) is 6.08. The fraction of sp³-hybridized carbons (Fsp3) is 0.150. The summed E-state index contributed by atoms with van der Waals surface area (Å²) in [5, 5.41) is 3.55. The molecule has 0 saturated carbocycles. The Morgan fingerprint density at radius 3 is 2.48 bits per heavy atom. The highest BCUT2D eigenvalue weighted by molar-refractivity contribution is 7.91. The molecule has 1 amide bonds. The lowest BCUT2D eigenvalue weighted by molar-refractivity contribution is 0.0953. The number of carbonyl (C=O) groups excluding carboxylic acids is 1. The Morgan fingerprint density at radius 2 is 1.85 bits per heavy atom. The first-order valence-electron chi connectivity index (χ1n) is 8.25. The largest absolute Gasteiger partial charge is 0.350 e. The van der Waals surface area contributed by atoms with Crippen LogP contribution in [0.4, 0.5) is 4.39 Å². The standard InChI is InChI=1S/C20H18FNO3S2/c1-14-4-2-5-15(12-14)20(23)22-13-19(18-6-3-11-26-18)27(24,25)17-9-7-16(21)8-10-17/h2-12,19H,13H2,1H3,(H,22,23)/t19-/m0/s1. The summed E-state index contributed by atoms with van der Waals surface area (Å²) in [6.07, 6.45) is 0. The molecule has 27 heavy (non-hydrogen) atoms. The summed E-state index contributed by atoms with van der Waals surface area (Å²) < 4.78 is 39.3. The topological polar surface area (TPSA) is 63.2 Å². The molecule has 0 radical (unpaired) electrons. The van der Waals surface area contributed by atoms with E-state index in [1.54, 1.807) is 35.7 Å². The minimum absolute atomic E-state index is 0.0205. The number of aryl methyl sites for hydroxylation is 1. The van der Waals surface area contributed by atoms with Gasteiger partial charge in [0.25, 0.3) is 5.91 Å². The third kappa shape index (κ3) is 4.43. The van der Waals surface area contributed by atoms with Crippen LogP contribution in [0.5, 0.6) is 0 Å². The zero-order valence-electron chi connectivity index (χ0n) is 14.6. The predicted molar refractivity (Wildman–Crippen MR) is 104 cm³/mol. The molecule has 0 unspecified atom stereocenters. The van der Waals surface area contributed by atoms with Crippen molar-refractivity contribution in [1.29, 1.82) is 0 Å². The average molecular weight is 404 g/mol. The van der Waals surface area contributed by atoms with Crippen LogP contribution in [-0.4, -0.2) is 20.9 Å².